The van der Waals surface area contributed by atoms with E-state index in [0.29, 0.717) is 69.7 Å². The number of carbonyl (C=O) groups is 2. The van der Waals surface area contributed by atoms with E-state index >= 15 is 0 Å². The van der Waals surface area contributed by atoms with E-state index in [2.05, 4.69) is 62.4 Å². The molecule has 1 aromatic carbocycles. The Hall–Kier alpha value is -3.08. The molecule has 10 heteroatoms. The molecule has 45 heavy (non-hydrogen) atoms. The van der Waals surface area contributed by atoms with Crippen LogP contribution in [0.2, 0.25) is 0 Å². The second-order valence-corrected chi connectivity index (χ2v) is 14.0. The SMILES string of the molecule is COCCCNc1nc(C(C)(C)C)ncc1C(=O)N(CC(C)C)CC1CNC[C@H](C(=O)N2CCOC(Cc3ccccc3)C2)C1. The van der Waals surface area contributed by atoms with Gasteiger partial charge in [0.2, 0.25) is 5.91 Å². The number of rotatable bonds is 13. The molecule has 2 unspecified atom stereocenters. The van der Waals surface area contributed by atoms with Gasteiger partial charge in [0.05, 0.1) is 18.6 Å². The molecule has 0 spiro atoms. The van der Waals surface area contributed by atoms with Gasteiger partial charge in [0.1, 0.15) is 17.2 Å². The summed E-state index contributed by atoms with van der Waals surface area (Å²) in [5, 5.41) is 6.88. The first-order valence-electron chi connectivity index (χ1n) is 16.6. The lowest BCUT2D eigenvalue weighted by atomic mass is 9.88. The Balaban J connectivity index is 1.44. The summed E-state index contributed by atoms with van der Waals surface area (Å²) < 4.78 is 11.2. The van der Waals surface area contributed by atoms with Gasteiger partial charge in [-0.2, -0.15) is 0 Å². The van der Waals surface area contributed by atoms with E-state index in [-0.39, 0.29) is 41.1 Å². The Labute approximate surface area is 269 Å². The highest BCUT2D eigenvalue weighted by molar-refractivity contribution is 5.98. The molecule has 3 atom stereocenters. The summed E-state index contributed by atoms with van der Waals surface area (Å²) in [7, 11) is 1.68. The summed E-state index contributed by atoms with van der Waals surface area (Å²) in [5.41, 5.74) is 1.45. The molecule has 2 aliphatic rings. The Morgan fingerprint density at radius 1 is 1.20 bits per heavy atom. The van der Waals surface area contributed by atoms with Crippen LogP contribution in [-0.2, 0) is 26.1 Å². The molecule has 4 rings (SSSR count). The average molecular weight is 623 g/mol. The molecule has 3 heterocycles. The number of nitrogens with one attached hydrogen (secondary N) is 2. The van der Waals surface area contributed by atoms with Crippen molar-refractivity contribution in [2.24, 2.45) is 17.8 Å². The molecule has 0 radical (unpaired) electrons. The monoisotopic (exact) mass is 622 g/mol. The molecular weight excluding hydrogens is 568 g/mol. The van der Waals surface area contributed by atoms with Crippen molar-refractivity contribution in [1.29, 1.82) is 0 Å². The predicted octanol–water partition coefficient (Wildman–Crippen LogP) is 4.02. The smallest absolute Gasteiger partial charge is 0.259 e. The molecule has 2 N–H and O–H groups in total. The Morgan fingerprint density at radius 3 is 2.69 bits per heavy atom. The highest BCUT2D eigenvalue weighted by atomic mass is 16.5. The van der Waals surface area contributed by atoms with E-state index in [0.717, 1.165) is 25.8 Å². The van der Waals surface area contributed by atoms with Crippen molar-refractivity contribution in [2.45, 2.75) is 65.4 Å². The third kappa shape index (κ3) is 10.2. The second-order valence-electron chi connectivity index (χ2n) is 14.0. The summed E-state index contributed by atoms with van der Waals surface area (Å²) in [4.78, 5) is 41.2. The van der Waals surface area contributed by atoms with Crippen LogP contribution in [0, 0.1) is 17.8 Å². The van der Waals surface area contributed by atoms with Crippen LogP contribution in [0.4, 0.5) is 5.82 Å². The Morgan fingerprint density at radius 2 is 1.98 bits per heavy atom. The number of ether oxygens (including phenoxy) is 2. The molecule has 2 saturated heterocycles. The van der Waals surface area contributed by atoms with E-state index < -0.39 is 0 Å². The Bertz CT molecular complexity index is 1230. The molecule has 2 fully saturated rings. The predicted molar refractivity (Wildman–Crippen MR) is 177 cm³/mol. The highest BCUT2D eigenvalue weighted by Crippen LogP contribution is 2.26. The van der Waals surface area contributed by atoms with Crippen LogP contribution in [0.15, 0.2) is 36.5 Å². The van der Waals surface area contributed by atoms with Gasteiger partial charge in [-0.3, -0.25) is 9.59 Å². The van der Waals surface area contributed by atoms with Crippen molar-refractivity contribution in [3.05, 3.63) is 53.5 Å². The molecule has 2 aliphatic heterocycles. The fraction of sp³-hybridized carbons (Fsp3) is 0.657. The summed E-state index contributed by atoms with van der Waals surface area (Å²) in [6, 6.07) is 10.3. The van der Waals surface area contributed by atoms with Gasteiger partial charge in [0.15, 0.2) is 0 Å². The topological polar surface area (TPSA) is 109 Å². The first-order valence-corrected chi connectivity index (χ1v) is 16.6. The van der Waals surface area contributed by atoms with Crippen molar-refractivity contribution < 1.29 is 19.1 Å². The number of anilines is 1. The highest BCUT2D eigenvalue weighted by Gasteiger charge is 2.35. The van der Waals surface area contributed by atoms with Crippen LogP contribution in [0.1, 0.15) is 69.2 Å². The van der Waals surface area contributed by atoms with Gasteiger partial charge in [-0.25, -0.2) is 9.97 Å². The minimum Gasteiger partial charge on any atom is -0.385 e. The zero-order chi connectivity index (χ0) is 32.4. The van der Waals surface area contributed by atoms with E-state index in [1.807, 2.05) is 28.0 Å². The number of benzene rings is 1. The molecule has 2 amide bonds. The maximum absolute atomic E-state index is 14.1. The standard InChI is InChI=1S/C35H54N6O4/c1-25(2)22-41(33(43)30-21-38-34(35(3,4)5)39-31(30)37-13-10-15-44-6)23-27-17-28(20-36-19-27)32(42)40-14-16-45-29(24-40)18-26-11-8-7-9-12-26/h7-9,11-12,21,25,27-29,36H,10,13-20,22-24H2,1-6H3,(H,37,38,39)/t27?,28-,29?/m1/s1. The minimum atomic E-state index is -0.250. The summed E-state index contributed by atoms with van der Waals surface area (Å²) in [6.07, 6.45) is 4.02. The second kappa shape index (κ2) is 16.5. The number of piperidine rings is 1. The lowest BCUT2D eigenvalue weighted by Gasteiger charge is -2.38. The first kappa shape index (κ1) is 34.8. The third-order valence-electron chi connectivity index (χ3n) is 8.41. The van der Waals surface area contributed by atoms with E-state index in [1.165, 1.54) is 5.56 Å². The number of morpholine rings is 1. The fourth-order valence-electron chi connectivity index (χ4n) is 6.16. The lowest BCUT2D eigenvalue weighted by molar-refractivity contribution is -0.144. The van der Waals surface area contributed by atoms with Crippen LogP contribution in [0.25, 0.3) is 0 Å². The van der Waals surface area contributed by atoms with Crippen molar-refractivity contribution in [3.63, 3.8) is 0 Å². The maximum atomic E-state index is 14.1. The van der Waals surface area contributed by atoms with E-state index in [1.54, 1.807) is 13.3 Å². The van der Waals surface area contributed by atoms with Gasteiger partial charge in [-0.05, 0) is 36.8 Å². The molecule has 2 aromatic rings. The number of nitrogens with zero attached hydrogens (tertiary/aromatic N) is 4. The van der Waals surface area contributed by atoms with Gasteiger partial charge in [0, 0.05) is 71.0 Å². The number of aromatic nitrogens is 2. The number of carbonyl (C=O) groups excluding carboxylic acids is 2. The summed E-state index contributed by atoms with van der Waals surface area (Å²) >= 11 is 0. The van der Waals surface area contributed by atoms with Crippen molar-refractivity contribution in [3.8, 4) is 0 Å². The van der Waals surface area contributed by atoms with Crippen molar-refractivity contribution in [2.75, 3.05) is 71.5 Å². The van der Waals surface area contributed by atoms with Crippen LogP contribution in [0.5, 0.6) is 0 Å². The quantitative estimate of drug-likeness (QED) is 0.323. The summed E-state index contributed by atoms with van der Waals surface area (Å²) in [6.45, 7) is 16.1. The average Bonchev–Trinajstić information content (AvgIpc) is 3.02. The lowest BCUT2D eigenvalue weighted by Crippen LogP contribution is -2.53. The van der Waals surface area contributed by atoms with E-state index in [9.17, 15) is 9.59 Å². The molecule has 248 valence electrons. The molecule has 10 nitrogen and oxygen atoms in total. The molecule has 1 aromatic heterocycles. The van der Waals surface area contributed by atoms with Crippen LogP contribution < -0.4 is 10.6 Å². The largest absolute Gasteiger partial charge is 0.385 e. The summed E-state index contributed by atoms with van der Waals surface area (Å²) in [5.74, 6) is 1.68. The van der Waals surface area contributed by atoms with Crippen molar-refractivity contribution in [1.82, 2.24) is 25.1 Å². The van der Waals surface area contributed by atoms with Crippen LogP contribution >= 0.6 is 0 Å². The van der Waals surface area contributed by atoms with Crippen LogP contribution in [0.3, 0.4) is 0 Å². The van der Waals surface area contributed by atoms with Gasteiger partial charge >= 0.3 is 0 Å². The zero-order valence-electron chi connectivity index (χ0n) is 28.2. The molecule has 0 aliphatic carbocycles. The maximum Gasteiger partial charge on any atom is 0.259 e. The van der Waals surface area contributed by atoms with Crippen molar-refractivity contribution >= 4 is 17.6 Å². The number of amides is 2. The third-order valence-corrected chi connectivity index (χ3v) is 8.41. The van der Waals surface area contributed by atoms with E-state index in [4.69, 9.17) is 14.5 Å². The van der Waals surface area contributed by atoms with Gasteiger partial charge < -0.3 is 29.9 Å². The fourth-order valence-corrected chi connectivity index (χ4v) is 6.16. The van der Waals surface area contributed by atoms with Gasteiger partial charge in [-0.1, -0.05) is 65.0 Å². The number of hydrogen-bond donors (Lipinski definition) is 2. The minimum absolute atomic E-state index is 0.000737. The first-order chi connectivity index (χ1) is 21.5. The van der Waals surface area contributed by atoms with Gasteiger partial charge in [-0.15, -0.1) is 0 Å². The molecule has 0 bridgehead atoms. The van der Waals surface area contributed by atoms with Crippen LogP contribution in [-0.4, -0.2) is 104 Å². The van der Waals surface area contributed by atoms with Gasteiger partial charge in [0.25, 0.3) is 5.91 Å². The number of methoxy groups -OCH3 is 1. The molecular formula is C35H54N6O4. The Kier molecular flexibility index (Phi) is 12.7. The number of hydrogen-bond acceptors (Lipinski definition) is 8. The zero-order valence-corrected chi connectivity index (χ0v) is 28.2. The normalized spacial score (nSPS) is 20.7. The molecule has 0 saturated carbocycles.